The zero-order chi connectivity index (χ0) is 13.1. The molecule has 0 saturated heterocycles. The second-order valence-corrected chi connectivity index (χ2v) is 6.78. The van der Waals surface area contributed by atoms with Crippen molar-refractivity contribution in [2.24, 2.45) is 0 Å². The zero-order valence-electron chi connectivity index (χ0n) is 11.5. The number of rotatable bonds is 5. The molecule has 0 aromatic carbocycles. The summed E-state index contributed by atoms with van der Waals surface area (Å²) in [7, 11) is -0.692. The molecule has 1 N–H and O–H groups in total. The second-order valence-electron chi connectivity index (χ2n) is 5.23. The molecule has 0 aliphatic carbocycles. The van der Waals surface area contributed by atoms with Gasteiger partial charge in [-0.15, -0.1) is 0 Å². The van der Waals surface area contributed by atoms with Gasteiger partial charge in [0, 0.05) is 60.5 Å². The van der Waals surface area contributed by atoms with Crippen LogP contribution in [-0.2, 0) is 30.3 Å². The Morgan fingerprint density at radius 3 is 2.94 bits per heavy atom. The first kappa shape index (κ1) is 13.7. The number of hydrogen-bond acceptors (Lipinski definition) is 3. The summed E-state index contributed by atoms with van der Waals surface area (Å²) < 4.78 is 13.5. The molecule has 1 aromatic heterocycles. The van der Waals surface area contributed by atoms with Crippen molar-refractivity contribution in [3.8, 4) is 0 Å². The fourth-order valence-corrected chi connectivity index (χ4v) is 3.04. The lowest BCUT2D eigenvalue weighted by Crippen LogP contribution is -2.25. The lowest BCUT2D eigenvalue weighted by atomic mass is 10.2. The van der Waals surface area contributed by atoms with Crippen LogP contribution in [0.3, 0.4) is 0 Å². The molecule has 1 aliphatic heterocycles. The van der Waals surface area contributed by atoms with Gasteiger partial charge in [0.05, 0.1) is 5.69 Å². The van der Waals surface area contributed by atoms with E-state index in [9.17, 15) is 4.21 Å². The van der Waals surface area contributed by atoms with E-state index in [1.807, 2.05) is 0 Å². The molecule has 18 heavy (non-hydrogen) atoms. The molecule has 0 amide bonds. The molecule has 2 heterocycles. The van der Waals surface area contributed by atoms with Crippen LogP contribution in [0.1, 0.15) is 43.4 Å². The highest BCUT2D eigenvalue weighted by Gasteiger charge is 2.20. The molecule has 0 bridgehead atoms. The average Bonchev–Trinajstić information content (AvgIpc) is 2.68. The van der Waals surface area contributed by atoms with Crippen LogP contribution >= 0.6 is 0 Å². The van der Waals surface area contributed by atoms with Gasteiger partial charge in [-0.1, -0.05) is 13.8 Å². The Morgan fingerprint density at radius 1 is 1.50 bits per heavy atom. The summed E-state index contributed by atoms with van der Waals surface area (Å²) >= 11 is 0. The molecule has 0 fully saturated rings. The summed E-state index contributed by atoms with van der Waals surface area (Å²) in [5.74, 6) is 2.41. The van der Waals surface area contributed by atoms with Crippen molar-refractivity contribution in [2.45, 2.75) is 45.7 Å². The van der Waals surface area contributed by atoms with Crippen molar-refractivity contribution in [1.82, 2.24) is 14.9 Å². The van der Waals surface area contributed by atoms with E-state index >= 15 is 0 Å². The SMILES string of the molecule is CC(C)c1nc2c(n1CCCS(C)=O)CCNC2. The van der Waals surface area contributed by atoms with Crippen LogP contribution in [0, 0.1) is 0 Å². The number of hydrogen-bond donors (Lipinski definition) is 1. The number of imidazole rings is 1. The standard InChI is InChI=1S/C13H23N3OS/c1-10(2)13-15-11-9-14-6-5-12(11)16(13)7-4-8-18(3)17/h10,14H,4-9H2,1-3H3. The van der Waals surface area contributed by atoms with Crippen molar-refractivity contribution in [3.63, 3.8) is 0 Å². The molecule has 1 unspecified atom stereocenters. The third-order valence-corrected chi connectivity index (χ3v) is 4.21. The van der Waals surface area contributed by atoms with E-state index < -0.39 is 10.8 Å². The fraction of sp³-hybridized carbons (Fsp3) is 0.769. The number of fused-ring (bicyclic) bond motifs is 1. The lowest BCUT2D eigenvalue weighted by molar-refractivity contribution is 0.561. The first-order valence-corrected chi connectivity index (χ1v) is 8.41. The molecule has 5 heteroatoms. The van der Waals surface area contributed by atoms with Gasteiger partial charge in [0.25, 0.3) is 0 Å². The predicted molar refractivity (Wildman–Crippen MR) is 75.3 cm³/mol. The Kier molecular flexibility index (Phi) is 4.56. The topological polar surface area (TPSA) is 46.9 Å². The van der Waals surface area contributed by atoms with Gasteiger partial charge in [0.15, 0.2) is 0 Å². The molecule has 1 aliphatic rings. The quantitative estimate of drug-likeness (QED) is 0.879. The van der Waals surface area contributed by atoms with Crippen molar-refractivity contribution in [1.29, 1.82) is 0 Å². The maximum absolute atomic E-state index is 11.2. The van der Waals surface area contributed by atoms with Gasteiger partial charge < -0.3 is 9.88 Å². The van der Waals surface area contributed by atoms with Crippen LogP contribution in [0.25, 0.3) is 0 Å². The van der Waals surface area contributed by atoms with Crippen molar-refractivity contribution < 1.29 is 4.21 Å². The summed E-state index contributed by atoms with van der Waals surface area (Å²) in [5, 5.41) is 3.37. The summed E-state index contributed by atoms with van der Waals surface area (Å²) in [6.45, 7) is 7.26. The maximum Gasteiger partial charge on any atom is 0.111 e. The van der Waals surface area contributed by atoms with Crippen molar-refractivity contribution in [3.05, 3.63) is 17.2 Å². The molecule has 0 saturated carbocycles. The predicted octanol–water partition coefficient (Wildman–Crippen LogP) is 1.42. The van der Waals surface area contributed by atoms with Crippen molar-refractivity contribution >= 4 is 10.8 Å². The summed E-state index contributed by atoms with van der Waals surface area (Å²) in [6, 6.07) is 0. The monoisotopic (exact) mass is 269 g/mol. The van der Waals surface area contributed by atoms with Gasteiger partial charge in [-0.05, 0) is 6.42 Å². The van der Waals surface area contributed by atoms with Crippen molar-refractivity contribution in [2.75, 3.05) is 18.6 Å². The van der Waals surface area contributed by atoms with E-state index in [0.717, 1.165) is 38.2 Å². The number of aromatic nitrogens is 2. The van der Waals surface area contributed by atoms with Gasteiger partial charge in [-0.3, -0.25) is 4.21 Å². The minimum atomic E-state index is -0.692. The van der Waals surface area contributed by atoms with Crippen LogP contribution in [0.15, 0.2) is 0 Å². The smallest absolute Gasteiger partial charge is 0.111 e. The first-order valence-electron chi connectivity index (χ1n) is 6.68. The molecular formula is C13H23N3OS. The van der Waals surface area contributed by atoms with Crippen LogP contribution < -0.4 is 5.32 Å². The van der Waals surface area contributed by atoms with E-state index in [0.29, 0.717) is 5.92 Å². The minimum Gasteiger partial charge on any atom is -0.331 e. The van der Waals surface area contributed by atoms with Gasteiger partial charge in [0.1, 0.15) is 5.82 Å². The minimum absolute atomic E-state index is 0.447. The fourth-order valence-electron chi connectivity index (χ4n) is 2.51. The van der Waals surface area contributed by atoms with Crippen LogP contribution in [-0.4, -0.2) is 32.3 Å². The van der Waals surface area contributed by atoms with E-state index in [1.165, 1.54) is 17.2 Å². The van der Waals surface area contributed by atoms with Crippen LogP contribution in [0.2, 0.25) is 0 Å². The largest absolute Gasteiger partial charge is 0.331 e. The number of nitrogens with one attached hydrogen (secondary N) is 1. The van der Waals surface area contributed by atoms with Crippen LogP contribution in [0.5, 0.6) is 0 Å². The molecule has 0 radical (unpaired) electrons. The van der Waals surface area contributed by atoms with E-state index in [2.05, 4.69) is 23.7 Å². The maximum atomic E-state index is 11.2. The highest BCUT2D eigenvalue weighted by molar-refractivity contribution is 7.84. The molecule has 102 valence electrons. The van der Waals surface area contributed by atoms with Gasteiger partial charge in [-0.25, -0.2) is 4.98 Å². The van der Waals surface area contributed by atoms with Gasteiger partial charge >= 0.3 is 0 Å². The van der Waals surface area contributed by atoms with Crippen LogP contribution in [0.4, 0.5) is 0 Å². The molecule has 4 nitrogen and oxygen atoms in total. The van der Waals surface area contributed by atoms with E-state index in [4.69, 9.17) is 4.98 Å². The average molecular weight is 269 g/mol. The summed E-state index contributed by atoms with van der Waals surface area (Å²) in [4.78, 5) is 4.77. The molecule has 0 spiro atoms. The second kappa shape index (κ2) is 5.97. The van der Waals surface area contributed by atoms with E-state index in [1.54, 1.807) is 6.26 Å². The molecule has 1 atom stereocenters. The highest BCUT2D eigenvalue weighted by Crippen LogP contribution is 2.22. The third kappa shape index (κ3) is 3.01. The Bertz CT molecular complexity index is 440. The zero-order valence-corrected chi connectivity index (χ0v) is 12.3. The Balaban J connectivity index is 2.19. The summed E-state index contributed by atoms with van der Waals surface area (Å²) in [5.41, 5.74) is 2.60. The van der Waals surface area contributed by atoms with Gasteiger partial charge in [-0.2, -0.15) is 0 Å². The molecule has 1 aromatic rings. The Morgan fingerprint density at radius 2 is 2.28 bits per heavy atom. The number of nitrogens with zero attached hydrogens (tertiary/aromatic N) is 2. The Labute approximate surface area is 112 Å². The van der Waals surface area contributed by atoms with E-state index in [-0.39, 0.29) is 0 Å². The normalized spacial score (nSPS) is 16.9. The highest BCUT2D eigenvalue weighted by atomic mass is 32.2. The molecule has 2 rings (SSSR count). The first-order chi connectivity index (χ1) is 8.59. The lowest BCUT2D eigenvalue weighted by Gasteiger charge is -2.17. The molecular weight excluding hydrogens is 246 g/mol. The van der Waals surface area contributed by atoms with Gasteiger partial charge in [0.2, 0.25) is 0 Å². The Hall–Kier alpha value is -0.680. The summed E-state index contributed by atoms with van der Waals surface area (Å²) in [6.07, 6.45) is 3.81. The third-order valence-electron chi connectivity index (χ3n) is 3.35.